The van der Waals surface area contributed by atoms with Crippen LogP contribution in [-0.4, -0.2) is 33.4 Å². The molecule has 2 aromatic carbocycles. The number of benzene rings is 2. The molecule has 0 bridgehead atoms. The number of rotatable bonds is 12. The van der Waals surface area contributed by atoms with E-state index in [0.29, 0.717) is 0 Å². The molecular formula is C33H56NS4+. The van der Waals surface area contributed by atoms with Gasteiger partial charge in [-0.2, -0.15) is 0 Å². The van der Waals surface area contributed by atoms with Gasteiger partial charge in [0.25, 0.3) is 0 Å². The van der Waals surface area contributed by atoms with E-state index in [1.54, 1.807) is 0 Å². The SMILES string of the molecule is CC.CC.CCCC[N+](CCCC)(CCCC)CCCC.c1ccc2c(c1)SC1(S2)Sc2ccccc2S1. The first kappa shape index (κ1) is 35.8. The van der Waals surface area contributed by atoms with Gasteiger partial charge in [0.15, 0.2) is 2.74 Å². The number of fused-ring (bicyclic) bond motifs is 2. The summed E-state index contributed by atoms with van der Waals surface area (Å²) in [5.74, 6) is 0. The second-order valence-electron chi connectivity index (χ2n) is 9.45. The number of unbranched alkanes of at least 4 members (excludes halogenated alkanes) is 4. The first-order valence-corrected chi connectivity index (χ1v) is 18.6. The van der Waals surface area contributed by atoms with Gasteiger partial charge in [-0.1, -0.05) is 152 Å². The fourth-order valence-electron chi connectivity index (χ4n) is 4.55. The Balaban J connectivity index is 0.000000336. The van der Waals surface area contributed by atoms with Crippen molar-refractivity contribution in [3.05, 3.63) is 48.5 Å². The van der Waals surface area contributed by atoms with E-state index in [0.717, 1.165) is 0 Å². The molecule has 216 valence electrons. The van der Waals surface area contributed by atoms with Gasteiger partial charge in [0.1, 0.15) is 0 Å². The van der Waals surface area contributed by atoms with Crippen molar-refractivity contribution in [2.45, 2.75) is 129 Å². The van der Waals surface area contributed by atoms with Crippen molar-refractivity contribution in [3.8, 4) is 0 Å². The third-order valence-corrected chi connectivity index (χ3v) is 13.1. The van der Waals surface area contributed by atoms with Crippen LogP contribution in [0.25, 0.3) is 0 Å². The molecule has 1 spiro atoms. The van der Waals surface area contributed by atoms with Gasteiger partial charge in [-0.15, -0.1) is 0 Å². The number of thioether (sulfide) groups is 4. The quantitative estimate of drug-likeness (QED) is 0.224. The van der Waals surface area contributed by atoms with Crippen molar-refractivity contribution in [2.24, 2.45) is 0 Å². The van der Waals surface area contributed by atoms with Crippen molar-refractivity contribution >= 4 is 47.0 Å². The van der Waals surface area contributed by atoms with E-state index in [1.165, 1.54) is 102 Å². The van der Waals surface area contributed by atoms with Crippen LogP contribution in [-0.2, 0) is 0 Å². The Morgan fingerprint density at radius 1 is 0.474 bits per heavy atom. The van der Waals surface area contributed by atoms with Gasteiger partial charge in [-0.05, 0) is 49.9 Å². The normalized spacial score (nSPS) is 14.3. The number of quaternary nitrogens is 1. The Bertz CT molecular complexity index is 725. The van der Waals surface area contributed by atoms with E-state index < -0.39 is 0 Å². The van der Waals surface area contributed by atoms with Crippen LogP contribution in [0.5, 0.6) is 0 Å². The topological polar surface area (TPSA) is 0 Å². The summed E-state index contributed by atoms with van der Waals surface area (Å²) >= 11 is 7.97. The zero-order valence-electron chi connectivity index (χ0n) is 25.7. The molecule has 0 N–H and O–H groups in total. The molecule has 1 nitrogen and oxygen atoms in total. The van der Waals surface area contributed by atoms with Crippen LogP contribution >= 0.6 is 47.0 Å². The van der Waals surface area contributed by atoms with Crippen LogP contribution in [0, 0.1) is 0 Å². The molecule has 0 unspecified atom stereocenters. The van der Waals surface area contributed by atoms with E-state index >= 15 is 0 Å². The minimum absolute atomic E-state index is 0.174. The number of nitrogens with zero attached hydrogens (tertiary/aromatic N) is 1. The fourth-order valence-corrected chi connectivity index (χ4v) is 11.6. The van der Waals surface area contributed by atoms with Gasteiger partial charge in [-0.25, -0.2) is 0 Å². The Hall–Kier alpha value is -0.200. The van der Waals surface area contributed by atoms with Gasteiger partial charge in [0, 0.05) is 19.6 Å². The summed E-state index contributed by atoms with van der Waals surface area (Å²) in [5, 5.41) is 0. The zero-order valence-corrected chi connectivity index (χ0v) is 29.0. The molecule has 2 aliphatic heterocycles. The molecule has 38 heavy (non-hydrogen) atoms. The van der Waals surface area contributed by atoms with Crippen molar-refractivity contribution < 1.29 is 4.48 Å². The zero-order chi connectivity index (χ0) is 28.3. The Morgan fingerprint density at radius 2 is 0.711 bits per heavy atom. The number of hydrogen-bond donors (Lipinski definition) is 0. The Kier molecular flexibility index (Phi) is 19.5. The highest BCUT2D eigenvalue weighted by molar-refractivity contribution is 8.50. The summed E-state index contributed by atoms with van der Waals surface area (Å²) in [6.45, 7) is 23.0. The molecule has 0 aliphatic carbocycles. The van der Waals surface area contributed by atoms with Gasteiger partial charge >= 0.3 is 0 Å². The highest BCUT2D eigenvalue weighted by Crippen LogP contribution is 2.73. The fraction of sp³-hybridized carbons (Fsp3) is 0.636. The average molecular weight is 595 g/mol. The van der Waals surface area contributed by atoms with E-state index in [1.807, 2.05) is 74.7 Å². The summed E-state index contributed by atoms with van der Waals surface area (Å²) in [7, 11) is 0. The maximum Gasteiger partial charge on any atom is 0.171 e. The van der Waals surface area contributed by atoms with Crippen LogP contribution in [0.1, 0.15) is 107 Å². The molecule has 2 heterocycles. The van der Waals surface area contributed by atoms with Crippen molar-refractivity contribution in [1.82, 2.24) is 0 Å². The molecule has 2 aliphatic rings. The third-order valence-electron chi connectivity index (χ3n) is 6.58. The monoisotopic (exact) mass is 594 g/mol. The van der Waals surface area contributed by atoms with Crippen molar-refractivity contribution in [2.75, 3.05) is 26.2 Å². The maximum atomic E-state index is 2.33. The Morgan fingerprint density at radius 3 is 0.921 bits per heavy atom. The molecule has 0 fully saturated rings. The first-order valence-electron chi connectivity index (χ1n) is 15.4. The highest BCUT2D eigenvalue weighted by atomic mass is 32.3. The lowest BCUT2D eigenvalue weighted by atomic mass is 10.1. The summed E-state index contributed by atoms with van der Waals surface area (Å²) in [6, 6.07) is 17.4. The summed E-state index contributed by atoms with van der Waals surface area (Å²) in [6.07, 6.45) is 11.1. The van der Waals surface area contributed by atoms with E-state index in [9.17, 15) is 0 Å². The predicted octanol–water partition coefficient (Wildman–Crippen LogP) is 12.4. The van der Waals surface area contributed by atoms with E-state index in [-0.39, 0.29) is 2.74 Å². The van der Waals surface area contributed by atoms with Crippen LogP contribution in [0.3, 0.4) is 0 Å². The number of hydrogen-bond acceptors (Lipinski definition) is 4. The molecule has 0 radical (unpaired) electrons. The molecule has 0 amide bonds. The lowest BCUT2D eigenvalue weighted by Crippen LogP contribution is -2.50. The van der Waals surface area contributed by atoms with Crippen molar-refractivity contribution in [3.63, 3.8) is 0 Å². The summed E-state index contributed by atoms with van der Waals surface area (Å²) in [4.78, 5) is 5.69. The lowest BCUT2D eigenvalue weighted by Gasteiger charge is -2.39. The predicted molar refractivity (Wildman–Crippen MR) is 181 cm³/mol. The summed E-state index contributed by atoms with van der Waals surface area (Å²) in [5.41, 5.74) is 0. The van der Waals surface area contributed by atoms with Gasteiger partial charge in [-0.3, -0.25) is 0 Å². The van der Waals surface area contributed by atoms with Crippen LogP contribution < -0.4 is 0 Å². The van der Waals surface area contributed by atoms with E-state index in [2.05, 4.69) is 76.2 Å². The molecule has 0 aromatic heterocycles. The molecule has 0 saturated heterocycles. The van der Waals surface area contributed by atoms with Crippen LogP contribution in [0.4, 0.5) is 0 Å². The average Bonchev–Trinajstić information content (AvgIpc) is 3.52. The second kappa shape index (κ2) is 20.6. The molecule has 0 saturated carbocycles. The Labute approximate surface area is 254 Å². The molecular weight excluding hydrogens is 539 g/mol. The summed E-state index contributed by atoms with van der Waals surface area (Å²) < 4.78 is 1.59. The standard InChI is InChI=1S/C16H36N.C13H8S4.2C2H6/c1-5-9-13-17(14-10-6-2,15-11-7-3)16-12-8-4;1-2-6-10-9(5-1)14-13(15-10)16-11-7-3-4-8-12(11)17-13;2*1-2/h5-16H2,1-4H3;1-8H;2*1-2H3/q+1;;;. The largest absolute Gasteiger partial charge is 0.324 e. The lowest BCUT2D eigenvalue weighted by molar-refractivity contribution is -0.929. The van der Waals surface area contributed by atoms with Gasteiger partial charge < -0.3 is 4.48 Å². The van der Waals surface area contributed by atoms with Gasteiger partial charge in [0.05, 0.1) is 26.2 Å². The molecule has 0 atom stereocenters. The van der Waals surface area contributed by atoms with Gasteiger partial charge in [0.2, 0.25) is 0 Å². The smallest absolute Gasteiger partial charge is 0.171 e. The molecule has 5 heteroatoms. The second-order valence-corrected chi connectivity index (χ2v) is 16.0. The van der Waals surface area contributed by atoms with Crippen LogP contribution in [0.2, 0.25) is 0 Å². The first-order chi connectivity index (χ1) is 18.6. The minimum Gasteiger partial charge on any atom is -0.324 e. The molecule has 2 aromatic rings. The minimum atomic E-state index is 0.174. The maximum absolute atomic E-state index is 2.33. The third kappa shape index (κ3) is 11.4. The van der Waals surface area contributed by atoms with Crippen LogP contribution in [0.15, 0.2) is 68.1 Å². The van der Waals surface area contributed by atoms with Crippen molar-refractivity contribution in [1.29, 1.82) is 0 Å². The van der Waals surface area contributed by atoms with E-state index in [4.69, 9.17) is 0 Å². The molecule has 4 rings (SSSR count). The highest BCUT2D eigenvalue weighted by Gasteiger charge is 2.46.